The van der Waals surface area contributed by atoms with Crippen LogP contribution in [0.3, 0.4) is 0 Å². The zero-order chi connectivity index (χ0) is 14.1. The molecule has 1 aliphatic carbocycles. The molecule has 1 saturated heterocycles. The monoisotopic (exact) mass is 266 g/mol. The molecule has 4 heteroatoms. The third kappa shape index (κ3) is 1.96. The summed E-state index contributed by atoms with van der Waals surface area (Å²) in [5.74, 6) is 0.225. The molecule has 4 nitrogen and oxygen atoms in total. The van der Waals surface area contributed by atoms with Gasteiger partial charge in [0.15, 0.2) is 0 Å². The summed E-state index contributed by atoms with van der Waals surface area (Å²) in [5.41, 5.74) is -1.21. The van der Waals surface area contributed by atoms with Crippen LogP contribution in [-0.2, 0) is 9.59 Å². The highest BCUT2D eigenvalue weighted by Gasteiger charge is 2.57. The van der Waals surface area contributed by atoms with Crippen LogP contribution >= 0.6 is 0 Å². The van der Waals surface area contributed by atoms with Crippen molar-refractivity contribution in [2.24, 2.45) is 0 Å². The molecule has 1 aliphatic heterocycles. The first-order chi connectivity index (χ1) is 9.06. The Morgan fingerprint density at radius 3 is 2.16 bits per heavy atom. The van der Waals surface area contributed by atoms with Crippen molar-refractivity contribution in [3.63, 3.8) is 0 Å². The maximum Gasteiger partial charge on any atom is 0.249 e. The van der Waals surface area contributed by atoms with Gasteiger partial charge in [0, 0.05) is 6.54 Å². The molecule has 1 spiro atoms. The van der Waals surface area contributed by atoms with Gasteiger partial charge in [0.25, 0.3) is 0 Å². The predicted octanol–water partition coefficient (Wildman–Crippen LogP) is 2.23. The summed E-state index contributed by atoms with van der Waals surface area (Å²) in [6.45, 7) is 6.77. The van der Waals surface area contributed by atoms with Crippen molar-refractivity contribution in [3.8, 4) is 0 Å². The number of rotatable bonds is 4. The minimum absolute atomic E-state index is 0.0625. The second-order valence-electron chi connectivity index (χ2n) is 5.94. The molecule has 19 heavy (non-hydrogen) atoms. The third-order valence-electron chi connectivity index (χ3n) is 5.02. The molecule has 1 heterocycles. The molecule has 2 fully saturated rings. The van der Waals surface area contributed by atoms with Gasteiger partial charge in [-0.15, -0.1) is 0 Å². The summed E-state index contributed by atoms with van der Waals surface area (Å²) in [6, 6.07) is 0. The number of piperazine rings is 1. The van der Waals surface area contributed by atoms with Crippen molar-refractivity contribution in [3.05, 3.63) is 0 Å². The average Bonchev–Trinajstić information content (AvgIpc) is 2.87. The topological polar surface area (TPSA) is 49.4 Å². The van der Waals surface area contributed by atoms with Gasteiger partial charge in [0.05, 0.1) is 0 Å². The molecule has 108 valence electrons. The fourth-order valence-electron chi connectivity index (χ4n) is 3.77. The SMILES string of the molecule is CCCN1C(=O)C2(CCCC2)NC(=O)C1(CC)CC. The smallest absolute Gasteiger partial charge is 0.249 e. The van der Waals surface area contributed by atoms with Gasteiger partial charge in [-0.2, -0.15) is 0 Å². The molecule has 2 aliphatic rings. The van der Waals surface area contributed by atoms with Gasteiger partial charge in [-0.1, -0.05) is 33.6 Å². The van der Waals surface area contributed by atoms with Gasteiger partial charge in [-0.3, -0.25) is 9.59 Å². The summed E-state index contributed by atoms with van der Waals surface area (Å²) in [6.07, 6.45) is 5.97. The summed E-state index contributed by atoms with van der Waals surface area (Å²) in [5, 5.41) is 3.09. The Morgan fingerprint density at radius 1 is 1.11 bits per heavy atom. The second kappa shape index (κ2) is 5.14. The Morgan fingerprint density at radius 2 is 1.68 bits per heavy atom. The van der Waals surface area contributed by atoms with Crippen LogP contribution in [0.5, 0.6) is 0 Å². The zero-order valence-corrected chi connectivity index (χ0v) is 12.4. The van der Waals surface area contributed by atoms with Crippen LogP contribution in [-0.4, -0.2) is 34.3 Å². The Labute approximate surface area is 115 Å². The number of nitrogens with one attached hydrogen (secondary N) is 1. The maximum absolute atomic E-state index is 12.9. The van der Waals surface area contributed by atoms with E-state index in [2.05, 4.69) is 12.2 Å². The van der Waals surface area contributed by atoms with Crippen LogP contribution in [0.4, 0.5) is 0 Å². The lowest BCUT2D eigenvalue weighted by Gasteiger charge is -2.51. The highest BCUT2D eigenvalue weighted by Crippen LogP contribution is 2.39. The first-order valence-corrected chi connectivity index (χ1v) is 7.71. The van der Waals surface area contributed by atoms with Gasteiger partial charge in [0.1, 0.15) is 11.1 Å². The summed E-state index contributed by atoms with van der Waals surface area (Å²) in [4.78, 5) is 27.5. The molecule has 0 unspecified atom stereocenters. The highest BCUT2D eigenvalue weighted by molar-refractivity contribution is 6.02. The zero-order valence-electron chi connectivity index (χ0n) is 12.4. The van der Waals surface area contributed by atoms with Crippen LogP contribution in [0.15, 0.2) is 0 Å². The van der Waals surface area contributed by atoms with Gasteiger partial charge in [-0.25, -0.2) is 0 Å². The van der Waals surface area contributed by atoms with E-state index < -0.39 is 11.1 Å². The van der Waals surface area contributed by atoms with E-state index in [-0.39, 0.29) is 11.8 Å². The number of nitrogens with zero attached hydrogens (tertiary/aromatic N) is 1. The summed E-state index contributed by atoms with van der Waals surface area (Å²) in [7, 11) is 0. The van der Waals surface area contributed by atoms with Crippen LogP contribution in [0.1, 0.15) is 65.7 Å². The Hall–Kier alpha value is -1.06. The Kier molecular flexibility index (Phi) is 3.88. The fourth-order valence-corrected chi connectivity index (χ4v) is 3.77. The van der Waals surface area contributed by atoms with Gasteiger partial charge in [0.2, 0.25) is 11.8 Å². The number of hydrogen-bond acceptors (Lipinski definition) is 2. The lowest BCUT2D eigenvalue weighted by atomic mass is 9.80. The number of hydrogen-bond donors (Lipinski definition) is 1. The standard InChI is InChI=1S/C15H26N2O2/c1-4-11-17-13(19)14(9-7-8-10-14)16-12(18)15(17,5-2)6-3/h4-11H2,1-3H3,(H,16,18). The van der Waals surface area contributed by atoms with E-state index in [4.69, 9.17) is 0 Å². The Balaban J connectivity index is 2.39. The molecule has 0 bridgehead atoms. The molecule has 0 atom stereocenters. The quantitative estimate of drug-likeness (QED) is 0.848. The maximum atomic E-state index is 12.9. The van der Waals surface area contributed by atoms with Crippen LogP contribution < -0.4 is 5.32 Å². The molecule has 0 aromatic carbocycles. The van der Waals surface area contributed by atoms with Gasteiger partial charge >= 0.3 is 0 Å². The number of carbonyl (C=O) groups excluding carboxylic acids is 2. The highest BCUT2D eigenvalue weighted by atomic mass is 16.2. The largest absolute Gasteiger partial charge is 0.340 e. The first kappa shape index (κ1) is 14.4. The predicted molar refractivity (Wildman–Crippen MR) is 74.7 cm³/mol. The van der Waals surface area contributed by atoms with E-state index in [9.17, 15) is 9.59 Å². The van der Waals surface area contributed by atoms with E-state index in [1.807, 2.05) is 18.7 Å². The number of amides is 2. The molecule has 1 saturated carbocycles. The van der Waals surface area contributed by atoms with E-state index in [0.29, 0.717) is 19.4 Å². The van der Waals surface area contributed by atoms with Gasteiger partial charge in [-0.05, 0) is 32.1 Å². The first-order valence-electron chi connectivity index (χ1n) is 7.71. The molecular weight excluding hydrogens is 240 g/mol. The second-order valence-corrected chi connectivity index (χ2v) is 5.94. The van der Waals surface area contributed by atoms with Crippen molar-refractivity contribution >= 4 is 11.8 Å². The van der Waals surface area contributed by atoms with Crippen molar-refractivity contribution in [2.75, 3.05) is 6.54 Å². The lowest BCUT2D eigenvalue weighted by Crippen LogP contribution is -2.74. The van der Waals surface area contributed by atoms with E-state index >= 15 is 0 Å². The van der Waals surface area contributed by atoms with Crippen molar-refractivity contribution in [1.29, 1.82) is 0 Å². The Bertz CT molecular complexity index is 368. The van der Waals surface area contributed by atoms with Crippen LogP contribution in [0.25, 0.3) is 0 Å². The molecule has 0 radical (unpaired) electrons. The third-order valence-corrected chi connectivity index (χ3v) is 5.02. The van der Waals surface area contributed by atoms with Crippen molar-refractivity contribution < 1.29 is 9.59 Å². The van der Waals surface area contributed by atoms with E-state index in [1.54, 1.807) is 0 Å². The van der Waals surface area contributed by atoms with Crippen LogP contribution in [0.2, 0.25) is 0 Å². The molecule has 0 aromatic rings. The lowest BCUT2D eigenvalue weighted by molar-refractivity contribution is -0.164. The minimum atomic E-state index is -0.624. The fraction of sp³-hybridized carbons (Fsp3) is 0.867. The molecule has 0 aromatic heterocycles. The average molecular weight is 266 g/mol. The van der Waals surface area contributed by atoms with E-state index in [0.717, 1.165) is 32.1 Å². The number of carbonyl (C=O) groups is 2. The molecular formula is C15H26N2O2. The molecule has 1 N–H and O–H groups in total. The van der Waals surface area contributed by atoms with E-state index in [1.165, 1.54) is 0 Å². The van der Waals surface area contributed by atoms with Crippen molar-refractivity contribution in [2.45, 2.75) is 76.8 Å². The molecule has 2 amide bonds. The van der Waals surface area contributed by atoms with Crippen molar-refractivity contribution in [1.82, 2.24) is 10.2 Å². The summed E-state index contributed by atoms with van der Waals surface area (Å²) < 4.78 is 0. The minimum Gasteiger partial charge on any atom is -0.340 e. The normalized spacial score (nSPS) is 24.9. The summed E-state index contributed by atoms with van der Waals surface area (Å²) >= 11 is 0. The van der Waals surface area contributed by atoms with Gasteiger partial charge < -0.3 is 10.2 Å². The molecule has 2 rings (SSSR count). The van der Waals surface area contributed by atoms with Crippen LogP contribution in [0, 0.1) is 0 Å².